The molecule has 0 saturated carbocycles. The zero-order valence-electron chi connectivity index (χ0n) is 10.5. The average Bonchev–Trinajstić information content (AvgIpc) is 2.23. The van der Waals surface area contributed by atoms with Crippen LogP contribution in [0.2, 0.25) is 0 Å². The first-order chi connectivity index (χ1) is 7.63. The quantitative estimate of drug-likeness (QED) is 0.460. The number of carbonyl (C=O) groups excluding carboxylic acids is 1. The Kier molecular flexibility index (Phi) is 8.87. The molecule has 0 rings (SSSR count). The van der Waals surface area contributed by atoms with Gasteiger partial charge in [-0.05, 0) is 12.8 Å². The van der Waals surface area contributed by atoms with Crippen LogP contribution >= 0.6 is 0 Å². The lowest BCUT2D eigenvalue weighted by atomic mass is 9.96. The second-order valence-corrected chi connectivity index (χ2v) is 4.28. The normalized spacial score (nSPS) is 12.4. The van der Waals surface area contributed by atoms with Crippen LogP contribution in [0.15, 0.2) is 0 Å². The van der Waals surface area contributed by atoms with Gasteiger partial charge >= 0.3 is 5.97 Å². The van der Waals surface area contributed by atoms with Crippen LogP contribution in [-0.4, -0.2) is 16.9 Å². The Morgan fingerprint density at radius 2 is 1.56 bits per heavy atom. The monoisotopic (exact) mass is 228 g/mol. The number of carbonyl (C=O) groups is 2. The molecule has 3 heteroatoms. The topological polar surface area (TPSA) is 54.4 Å². The summed E-state index contributed by atoms with van der Waals surface area (Å²) >= 11 is 0. The van der Waals surface area contributed by atoms with Crippen LogP contribution in [0, 0.1) is 5.92 Å². The molecule has 0 spiro atoms. The van der Waals surface area contributed by atoms with E-state index in [1.165, 1.54) is 19.3 Å². The molecule has 3 nitrogen and oxygen atoms in total. The Morgan fingerprint density at radius 1 is 1.00 bits per heavy atom. The number of carboxylic acid groups (broad SMARTS) is 1. The van der Waals surface area contributed by atoms with Crippen LogP contribution in [-0.2, 0) is 9.59 Å². The van der Waals surface area contributed by atoms with E-state index < -0.39 is 11.9 Å². The Labute approximate surface area is 98.2 Å². The fraction of sp³-hybridized carbons (Fsp3) is 0.846. The summed E-state index contributed by atoms with van der Waals surface area (Å²) in [7, 11) is 0. The minimum Gasteiger partial charge on any atom is -0.481 e. The van der Waals surface area contributed by atoms with E-state index >= 15 is 0 Å². The van der Waals surface area contributed by atoms with Gasteiger partial charge in [0, 0.05) is 6.42 Å². The highest BCUT2D eigenvalue weighted by Gasteiger charge is 2.22. The number of unbranched alkanes of at least 4 members (excludes halogenated alkanes) is 5. The molecule has 1 N–H and O–H groups in total. The molecule has 0 amide bonds. The molecule has 0 bridgehead atoms. The molecule has 0 radical (unpaired) electrons. The van der Waals surface area contributed by atoms with Crippen LogP contribution in [0.4, 0.5) is 0 Å². The van der Waals surface area contributed by atoms with E-state index in [2.05, 4.69) is 6.92 Å². The molecule has 0 aliphatic heterocycles. The SMILES string of the molecule is CCCCCCCCC(=O)C(CC)C(=O)O. The van der Waals surface area contributed by atoms with E-state index in [1.807, 2.05) is 0 Å². The molecular formula is C13H24O3. The van der Waals surface area contributed by atoms with Gasteiger partial charge in [0.2, 0.25) is 0 Å². The van der Waals surface area contributed by atoms with Crippen molar-refractivity contribution in [1.29, 1.82) is 0 Å². The molecule has 0 aromatic rings. The minimum atomic E-state index is -0.974. The summed E-state index contributed by atoms with van der Waals surface area (Å²) in [5.41, 5.74) is 0. The first kappa shape index (κ1) is 15.1. The standard InChI is InChI=1S/C13H24O3/c1-3-5-6-7-8-9-10-12(14)11(4-2)13(15)16/h11H,3-10H2,1-2H3,(H,15,16). The van der Waals surface area contributed by atoms with E-state index in [0.717, 1.165) is 19.3 Å². The predicted octanol–water partition coefficient (Wildman–Crippen LogP) is 3.42. The van der Waals surface area contributed by atoms with Gasteiger partial charge in [-0.1, -0.05) is 46.0 Å². The molecule has 0 aromatic carbocycles. The maximum absolute atomic E-state index is 11.5. The van der Waals surface area contributed by atoms with Gasteiger partial charge in [-0.3, -0.25) is 9.59 Å². The molecule has 0 fully saturated rings. The van der Waals surface area contributed by atoms with Gasteiger partial charge in [0.25, 0.3) is 0 Å². The summed E-state index contributed by atoms with van der Waals surface area (Å²) in [5.74, 6) is -1.86. The van der Waals surface area contributed by atoms with Gasteiger partial charge in [0.1, 0.15) is 11.7 Å². The fourth-order valence-corrected chi connectivity index (χ4v) is 1.79. The number of Topliss-reactive ketones (excluding diaryl/α,β-unsaturated/α-hetero) is 1. The highest BCUT2D eigenvalue weighted by molar-refractivity contribution is 5.98. The zero-order chi connectivity index (χ0) is 12.4. The number of rotatable bonds is 10. The molecular weight excluding hydrogens is 204 g/mol. The predicted molar refractivity (Wildman–Crippen MR) is 64.4 cm³/mol. The lowest BCUT2D eigenvalue weighted by molar-refractivity contribution is -0.146. The minimum absolute atomic E-state index is 0.106. The third-order valence-corrected chi connectivity index (χ3v) is 2.87. The Hall–Kier alpha value is -0.860. The molecule has 0 aliphatic rings. The molecule has 0 aliphatic carbocycles. The Balaban J connectivity index is 3.60. The van der Waals surface area contributed by atoms with Crippen molar-refractivity contribution in [3.05, 3.63) is 0 Å². The van der Waals surface area contributed by atoms with Crippen LogP contribution in [0.25, 0.3) is 0 Å². The van der Waals surface area contributed by atoms with Crippen LogP contribution < -0.4 is 0 Å². The molecule has 16 heavy (non-hydrogen) atoms. The summed E-state index contributed by atoms with van der Waals surface area (Å²) in [6.45, 7) is 3.92. The number of carboxylic acids is 1. The molecule has 0 aromatic heterocycles. The summed E-state index contributed by atoms with van der Waals surface area (Å²) in [6.07, 6.45) is 7.57. The van der Waals surface area contributed by atoms with Crippen molar-refractivity contribution in [1.82, 2.24) is 0 Å². The lowest BCUT2D eigenvalue weighted by Gasteiger charge is -2.08. The molecule has 1 unspecified atom stereocenters. The second kappa shape index (κ2) is 9.37. The number of hydrogen-bond donors (Lipinski definition) is 1. The number of hydrogen-bond acceptors (Lipinski definition) is 2. The Morgan fingerprint density at radius 3 is 2.06 bits per heavy atom. The van der Waals surface area contributed by atoms with E-state index in [9.17, 15) is 9.59 Å². The van der Waals surface area contributed by atoms with Crippen molar-refractivity contribution in [2.24, 2.45) is 5.92 Å². The van der Waals surface area contributed by atoms with Gasteiger partial charge in [-0.15, -0.1) is 0 Å². The van der Waals surface area contributed by atoms with Crippen LogP contribution in [0.3, 0.4) is 0 Å². The van der Waals surface area contributed by atoms with Crippen molar-refractivity contribution in [2.45, 2.75) is 65.2 Å². The maximum Gasteiger partial charge on any atom is 0.314 e. The zero-order valence-corrected chi connectivity index (χ0v) is 10.5. The van der Waals surface area contributed by atoms with Crippen molar-refractivity contribution >= 4 is 11.8 Å². The summed E-state index contributed by atoms with van der Waals surface area (Å²) in [6, 6.07) is 0. The second-order valence-electron chi connectivity index (χ2n) is 4.28. The molecule has 0 saturated heterocycles. The van der Waals surface area contributed by atoms with Gasteiger partial charge in [0.05, 0.1) is 0 Å². The van der Waals surface area contributed by atoms with Crippen molar-refractivity contribution < 1.29 is 14.7 Å². The van der Waals surface area contributed by atoms with Crippen molar-refractivity contribution in [2.75, 3.05) is 0 Å². The third-order valence-electron chi connectivity index (χ3n) is 2.87. The largest absolute Gasteiger partial charge is 0.481 e. The van der Waals surface area contributed by atoms with E-state index in [4.69, 9.17) is 5.11 Å². The number of aliphatic carboxylic acids is 1. The first-order valence-corrected chi connectivity index (χ1v) is 6.39. The highest BCUT2D eigenvalue weighted by Crippen LogP contribution is 2.12. The molecule has 94 valence electrons. The van der Waals surface area contributed by atoms with Crippen molar-refractivity contribution in [3.63, 3.8) is 0 Å². The van der Waals surface area contributed by atoms with E-state index in [-0.39, 0.29) is 5.78 Å². The van der Waals surface area contributed by atoms with Crippen LogP contribution in [0.5, 0.6) is 0 Å². The summed E-state index contributed by atoms with van der Waals surface area (Å²) in [5, 5.41) is 8.80. The first-order valence-electron chi connectivity index (χ1n) is 6.39. The maximum atomic E-state index is 11.5. The van der Waals surface area contributed by atoms with Gasteiger partial charge in [0.15, 0.2) is 0 Å². The van der Waals surface area contributed by atoms with E-state index in [0.29, 0.717) is 12.8 Å². The third kappa shape index (κ3) is 6.59. The van der Waals surface area contributed by atoms with Gasteiger partial charge in [-0.25, -0.2) is 0 Å². The van der Waals surface area contributed by atoms with Gasteiger partial charge in [-0.2, -0.15) is 0 Å². The van der Waals surface area contributed by atoms with Gasteiger partial charge < -0.3 is 5.11 Å². The molecule has 1 atom stereocenters. The fourth-order valence-electron chi connectivity index (χ4n) is 1.79. The smallest absolute Gasteiger partial charge is 0.314 e. The summed E-state index contributed by atoms with van der Waals surface area (Å²) in [4.78, 5) is 22.2. The number of ketones is 1. The van der Waals surface area contributed by atoms with Crippen molar-refractivity contribution in [3.8, 4) is 0 Å². The van der Waals surface area contributed by atoms with Crippen LogP contribution in [0.1, 0.15) is 65.2 Å². The molecule has 0 heterocycles. The highest BCUT2D eigenvalue weighted by atomic mass is 16.4. The Bertz CT molecular complexity index is 211. The summed E-state index contributed by atoms with van der Waals surface area (Å²) < 4.78 is 0. The lowest BCUT2D eigenvalue weighted by Crippen LogP contribution is -2.22. The van der Waals surface area contributed by atoms with E-state index in [1.54, 1.807) is 6.92 Å². The average molecular weight is 228 g/mol.